The number of para-hydroxylation sites is 2. The number of hydrogen-bond donors (Lipinski definition) is 4. The molecule has 0 radical (unpaired) electrons. The Morgan fingerprint density at radius 2 is 1.90 bits per heavy atom. The summed E-state index contributed by atoms with van der Waals surface area (Å²) in [5.74, 6) is -1.30. The van der Waals surface area contributed by atoms with Gasteiger partial charge in [0, 0.05) is 31.6 Å². The van der Waals surface area contributed by atoms with Gasteiger partial charge in [-0.2, -0.15) is 0 Å². The minimum Gasteiger partial charge on any atom is -0.477 e. The number of nitrogens with zero attached hydrogens (tertiary/aromatic N) is 2. The monoisotopic (exact) mass is 429 g/mol. The highest BCUT2D eigenvalue weighted by Gasteiger charge is 2.18. The fourth-order valence-electron chi connectivity index (χ4n) is 3.07. The number of thiophene rings is 1. The van der Waals surface area contributed by atoms with Gasteiger partial charge in [-0.1, -0.05) is 12.1 Å². The smallest absolute Gasteiger partial charge is 0.348 e. The first-order valence-corrected chi connectivity index (χ1v) is 10.8. The van der Waals surface area contributed by atoms with Gasteiger partial charge in [-0.05, 0) is 23.6 Å². The molecule has 150 valence electrons. The maximum absolute atomic E-state index is 12.7. The third kappa shape index (κ3) is 4.39. The van der Waals surface area contributed by atoms with E-state index in [0.717, 1.165) is 48.9 Å². The van der Waals surface area contributed by atoms with E-state index < -0.39 is 5.97 Å². The van der Waals surface area contributed by atoms with E-state index in [1.807, 2.05) is 24.3 Å². The molecule has 10 heteroatoms. The topological polar surface area (TPSA) is 107 Å². The number of hydrogen-bond acceptors (Lipinski definition) is 8. The van der Waals surface area contributed by atoms with Crippen molar-refractivity contribution < 1.29 is 14.7 Å². The Labute approximate surface area is 175 Å². The lowest BCUT2D eigenvalue weighted by molar-refractivity contribution is 0.0703. The number of carbonyl (C=O) groups excluding carboxylic acids is 1. The number of carbonyl (C=O) groups is 2. The number of nitrogens with one attached hydrogen (secondary N) is 3. The lowest BCUT2D eigenvalue weighted by atomic mass is 10.2. The van der Waals surface area contributed by atoms with Crippen LogP contribution in [-0.4, -0.2) is 48.1 Å². The van der Waals surface area contributed by atoms with Crippen molar-refractivity contribution in [3.05, 3.63) is 51.7 Å². The van der Waals surface area contributed by atoms with E-state index in [1.54, 1.807) is 16.8 Å². The van der Waals surface area contributed by atoms with Crippen LogP contribution in [0, 0.1) is 0 Å². The van der Waals surface area contributed by atoms with Gasteiger partial charge in [0.15, 0.2) is 5.13 Å². The lowest BCUT2D eigenvalue weighted by Crippen LogP contribution is -2.43. The number of thiazole rings is 1. The molecule has 2 aromatic heterocycles. The minimum atomic E-state index is -0.999. The number of carboxylic acids is 1. The largest absolute Gasteiger partial charge is 0.477 e. The molecule has 1 fully saturated rings. The van der Waals surface area contributed by atoms with Crippen LogP contribution in [0.3, 0.4) is 0 Å². The number of carboxylic acid groups (broad SMARTS) is 1. The third-order valence-electron chi connectivity index (χ3n) is 4.45. The van der Waals surface area contributed by atoms with Gasteiger partial charge in [-0.3, -0.25) is 4.79 Å². The molecule has 4 N–H and O–H groups in total. The molecule has 0 atom stereocenters. The van der Waals surface area contributed by atoms with Crippen LogP contribution in [0.1, 0.15) is 20.2 Å². The molecule has 29 heavy (non-hydrogen) atoms. The fraction of sp³-hybridized carbons (Fsp3) is 0.211. The summed E-state index contributed by atoms with van der Waals surface area (Å²) in [6, 6.07) is 9.40. The number of benzene rings is 1. The first-order valence-electron chi connectivity index (χ1n) is 9.01. The second-order valence-corrected chi connectivity index (χ2v) is 8.11. The molecule has 1 amide bonds. The average molecular weight is 430 g/mol. The van der Waals surface area contributed by atoms with Crippen LogP contribution in [0.15, 0.2) is 41.1 Å². The Kier molecular flexibility index (Phi) is 5.74. The van der Waals surface area contributed by atoms with Crippen molar-refractivity contribution in [2.75, 3.05) is 41.7 Å². The van der Waals surface area contributed by atoms with Gasteiger partial charge in [-0.25, -0.2) is 9.78 Å². The summed E-state index contributed by atoms with van der Waals surface area (Å²) in [7, 11) is 0. The molecule has 0 spiro atoms. The summed E-state index contributed by atoms with van der Waals surface area (Å²) in [6.45, 7) is 3.57. The van der Waals surface area contributed by atoms with Crippen LogP contribution in [0.25, 0.3) is 0 Å². The lowest BCUT2D eigenvalue weighted by Gasteiger charge is -2.31. The van der Waals surface area contributed by atoms with Crippen LogP contribution in [0.4, 0.5) is 22.2 Å². The van der Waals surface area contributed by atoms with Crippen molar-refractivity contribution in [3.8, 4) is 0 Å². The van der Waals surface area contributed by atoms with Crippen LogP contribution in [0.5, 0.6) is 0 Å². The fourth-order valence-corrected chi connectivity index (χ4v) is 4.46. The SMILES string of the molecule is O=C(Nc1ccccc1N1CCNCC1)c1csc(Nc2ccsc2C(=O)O)n1. The minimum absolute atomic E-state index is 0.205. The summed E-state index contributed by atoms with van der Waals surface area (Å²) in [6.07, 6.45) is 0. The van der Waals surface area contributed by atoms with Gasteiger partial charge in [0.25, 0.3) is 5.91 Å². The van der Waals surface area contributed by atoms with Crippen molar-refractivity contribution >= 4 is 56.7 Å². The Balaban J connectivity index is 1.47. The molecule has 4 rings (SSSR count). The first kappa shape index (κ1) is 19.4. The van der Waals surface area contributed by atoms with Crippen LogP contribution in [0.2, 0.25) is 0 Å². The first-order chi connectivity index (χ1) is 14.1. The second-order valence-electron chi connectivity index (χ2n) is 6.34. The van der Waals surface area contributed by atoms with Gasteiger partial charge in [-0.15, -0.1) is 22.7 Å². The molecule has 3 heterocycles. The number of amides is 1. The van der Waals surface area contributed by atoms with E-state index in [-0.39, 0.29) is 16.5 Å². The van der Waals surface area contributed by atoms with Crippen molar-refractivity contribution in [2.24, 2.45) is 0 Å². The van der Waals surface area contributed by atoms with Crippen molar-refractivity contribution in [1.29, 1.82) is 0 Å². The van der Waals surface area contributed by atoms with E-state index in [1.165, 1.54) is 11.3 Å². The van der Waals surface area contributed by atoms with Gasteiger partial charge < -0.3 is 26.0 Å². The molecule has 1 saturated heterocycles. The van der Waals surface area contributed by atoms with Crippen molar-refractivity contribution in [3.63, 3.8) is 0 Å². The third-order valence-corrected chi connectivity index (χ3v) is 6.11. The molecule has 1 aliphatic rings. The van der Waals surface area contributed by atoms with Gasteiger partial charge in [0.1, 0.15) is 10.6 Å². The number of aromatic nitrogens is 1. The Bertz CT molecular complexity index is 1030. The molecular weight excluding hydrogens is 410 g/mol. The molecule has 0 unspecified atom stereocenters. The van der Waals surface area contributed by atoms with Crippen LogP contribution >= 0.6 is 22.7 Å². The van der Waals surface area contributed by atoms with E-state index in [4.69, 9.17) is 0 Å². The van der Waals surface area contributed by atoms with Gasteiger partial charge in [0.2, 0.25) is 0 Å². The van der Waals surface area contributed by atoms with Crippen LogP contribution < -0.4 is 20.9 Å². The van der Waals surface area contributed by atoms with E-state index >= 15 is 0 Å². The molecular formula is C19H19N5O3S2. The van der Waals surface area contributed by atoms with Gasteiger partial charge in [0.05, 0.1) is 17.1 Å². The zero-order chi connectivity index (χ0) is 20.2. The average Bonchev–Trinajstić information content (AvgIpc) is 3.39. The highest BCUT2D eigenvalue weighted by Crippen LogP contribution is 2.29. The Hall–Kier alpha value is -2.95. The summed E-state index contributed by atoms with van der Waals surface area (Å²) < 4.78 is 0. The molecule has 3 aromatic rings. The predicted molar refractivity (Wildman–Crippen MR) is 116 cm³/mol. The van der Waals surface area contributed by atoms with Crippen molar-refractivity contribution in [1.82, 2.24) is 10.3 Å². The number of anilines is 4. The highest BCUT2D eigenvalue weighted by atomic mass is 32.1. The quantitative estimate of drug-likeness (QED) is 0.476. The maximum Gasteiger partial charge on any atom is 0.348 e. The molecule has 0 aliphatic carbocycles. The van der Waals surface area contributed by atoms with E-state index in [0.29, 0.717) is 10.8 Å². The molecule has 0 saturated carbocycles. The summed E-state index contributed by atoms with van der Waals surface area (Å²) >= 11 is 2.38. The Morgan fingerprint density at radius 1 is 1.10 bits per heavy atom. The van der Waals surface area contributed by atoms with Crippen LogP contribution in [-0.2, 0) is 0 Å². The standard InChI is InChI=1S/C19H19N5O3S2/c25-17(21-12-3-1-2-4-15(12)24-8-6-20-7-9-24)14-11-29-19(23-14)22-13-5-10-28-16(13)18(26)27/h1-5,10-11,20H,6-9H2,(H,21,25)(H,22,23)(H,26,27). The number of rotatable bonds is 6. The van der Waals surface area contributed by atoms with E-state index in [9.17, 15) is 14.7 Å². The molecule has 0 bridgehead atoms. The number of aromatic carboxylic acids is 1. The zero-order valence-electron chi connectivity index (χ0n) is 15.3. The number of piperazine rings is 1. The Morgan fingerprint density at radius 3 is 2.69 bits per heavy atom. The molecule has 8 nitrogen and oxygen atoms in total. The summed E-state index contributed by atoms with van der Waals surface area (Å²) in [5, 5.41) is 22.3. The normalized spacial score (nSPS) is 13.9. The predicted octanol–water partition coefficient (Wildman–Crippen LogP) is 3.31. The summed E-state index contributed by atoms with van der Waals surface area (Å²) in [4.78, 5) is 30.7. The second kappa shape index (κ2) is 8.60. The van der Waals surface area contributed by atoms with Gasteiger partial charge >= 0.3 is 5.97 Å². The zero-order valence-corrected chi connectivity index (χ0v) is 17.0. The van der Waals surface area contributed by atoms with Crippen molar-refractivity contribution in [2.45, 2.75) is 0 Å². The summed E-state index contributed by atoms with van der Waals surface area (Å²) in [5.41, 5.74) is 2.47. The molecule has 1 aliphatic heterocycles. The highest BCUT2D eigenvalue weighted by molar-refractivity contribution is 7.14. The molecule has 1 aromatic carbocycles. The van der Waals surface area contributed by atoms with E-state index in [2.05, 4.69) is 25.8 Å². The maximum atomic E-state index is 12.7.